The highest BCUT2D eigenvalue weighted by Crippen LogP contribution is 2.35. The molecule has 2 aliphatic rings. The van der Waals surface area contributed by atoms with Crippen LogP contribution in [0.2, 0.25) is 0 Å². The zero-order valence-electron chi connectivity index (χ0n) is 20.7. The van der Waals surface area contributed by atoms with Gasteiger partial charge in [-0.25, -0.2) is 4.98 Å². The highest BCUT2D eigenvalue weighted by molar-refractivity contribution is 6.03. The number of carbonyl (C=O) groups is 2. The predicted octanol–water partition coefficient (Wildman–Crippen LogP) is 3.15. The standard InChI is InChI=1S/C23H26F6N6O4/c1-13-3-2-6-35(12-13)21-32-17(22(24,25)26)16(39-21)19(37)31-14-4-5-15(30-11-14)33-7-9-34(10-8-33)20(38)18(36)23(27,28)29/h4-5,11,13,18,36H,2-3,6-10,12H2,1H3,(H,31,37). The normalized spacial score (nSPS) is 19.7. The first-order chi connectivity index (χ1) is 18.2. The lowest BCUT2D eigenvalue weighted by molar-refractivity contribution is -0.210. The van der Waals surface area contributed by atoms with Gasteiger partial charge in [-0.15, -0.1) is 0 Å². The second kappa shape index (κ2) is 10.9. The molecule has 2 aromatic rings. The zero-order chi connectivity index (χ0) is 28.5. The molecule has 10 nitrogen and oxygen atoms in total. The number of amides is 2. The van der Waals surface area contributed by atoms with Crippen LogP contribution in [0.1, 0.15) is 36.0 Å². The minimum Gasteiger partial charge on any atom is -0.417 e. The van der Waals surface area contributed by atoms with Gasteiger partial charge in [0.05, 0.1) is 11.9 Å². The van der Waals surface area contributed by atoms with Crippen LogP contribution in [-0.2, 0) is 11.0 Å². The largest absolute Gasteiger partial charge is 0.437 e. The third-order valence-corrected chi connectivity index (χ3v) is 6.48. The van der Waals surface area contributed by atoms with Gasteiger partial charge in [0, 0.05) is 39.3 Å². The van der Waals surface area contributed by atoms with E-state index >= 15 is 0 Å². The Bertz CT molecular complexity index is 1180. The molecule has 0 aliphatic carbocycles. The number of piperidine rings is 1. The van der Waals surface area contributed by atoms with Crippen molar-refractivity contribution in [2.75, 3.05) is 54.4 Å². The number of anilines is 3. The number of carbonyl (C=O) groups excluding carboxylic acids is 2. The van der Waals surface area contributed by atoms with E-state index in [1.54, 1.807) is 9.80 Å². The van der Waals surface area contributed by atoms with E-state index in [2.05, 4.69) is 15.3 Å². The van der Waals surface area contributed by atoms with Crippen molar-refractivity contribution in [3.63, 3.8) is 0 Å². The fourth-order valence-corrected chi connectivity index (χ4v) is 4.46. The van der Waals surface area contributed by atoms with Crippen molar-refractivity contribution in [2.45, 2.75) is 38.2 Å². The number of nitrogens with zero attached hydrogens (tertiary/aromatic N) is 5. The van der Waals surface area contributed by atoms with Crippen LogP contribution in [0.5, 0.6) is 0 Å². The van der Waals surface area contributed by atoms with Crippen molar-refractivity contribution in [2.24, 2.45) is 5.92 Å². The molecule has 0 radical (unpaired) electrons. The van der Waals surface area contributed by atoms with E-state index in [4.69, 9.17) is 9.52 Å². The van der Waals surface area contributed by atoms with Crippen LogP contribution in [0.25, 0.3) is 0 Å². The number of aliphatic hydroxyl groups excluding tert-OH is 1. The Labute approximate surface area is 218 Å². The van der Waals surface area contributed by atoms with Gasteiger partial charge in [-0.05, 0) is 30.9 Å². The summed E-state index contributed by atoms with van der Waals surface area (Å²) in [6.45, 7) is 2.95. The van der Waals surface area contributed by atoms with Crippen molar-refractivity contribution in [3.05, 3.63) is 29.8 Å². The first-order valence-corrected chi connectivity index (χ1v) is 12.1. The molecule has 0 aromatic carbocycles. The number of piperazine rings is 1. The number of pyridine rings is 1. The molecule has 214 valence electrons. The minimum atomic E-state index is -5.06. The number of aromatic nitrogens is 2. The van der Waals surface area contributed by atoms with E-state index in [0.29, 0.717) is 18.9 Å². The van der Waals surface area contributed by atoms with Gasteiger partial charge >= 0.3 is 12.4 Å². The Hall–Kier alpha value is -3.56. The first kappa shape index (κ1) is 28.4. The monoisotopic (exact) mass is 564 g/mol. The fourth-order valence-electron chi connectivity index (χ4n) is 4.46. The summed E-state index contributed by atoms with van der Waals surface area (Å²) in [4.78, 5) is 36.4. The summed E-state index contributed by atoms with van der Waals surface area (Å²) in [6, 6.07) is 2.58. The maximum atomic E-state index is 13.6. The van der Waals surface area contributed by atoms with E-state index in [1.165, 1.54) is 18.3 Å². The molecule has 4 heterocycles. The SMILES string of the molecule is CC1CCCN(c2nc(C(F)(F)F)c(C(=O)Nc3ccc(N4CCN(C(=O)C(O)C(F)(F)F)CC4)nc3)o2)C1. The Morgan fingerprint density at radius 1 is 1.08 bits per heavy atom. The summed E-state index contributed by atoms with van der Waals surface area (Å²) in [5.74, 6) is -2.96. The maximum absolute atomic E-state index is 13.6. The van der Waals surface area contributed by atoms with Crippen LogP contribution in [0.4, 0.5) is 43.9 Å². The third-order valence-electron chi connectivity index (χ3n) is 6.48. The number of nitrogens with one attached hydrogen (secondary N) is 1. The smallest absolute Gasteiger partial charge is 0.417 e. The Morgan fingerprint density at radius 3 is 2.33 bits per heavy atom. The van der Waals surface area contributed by atoms with Gasteiger partial charge in [-0.1, -0.05) is 6.92 Å². The number of oxazole rings is 1. The first-order valence-electron chi connectivity index (χ1n) is 12.1. The molecule has 2 amide bonds. The average Bonchev–Trinajstić information content (AvgIpc) is 3.35. The molecular formula is C23H26F6N6O4. The molecule has 0 bridgehead atoms. The zero-order valence-corrected chi connectivity index (χ0v) is 20.7. The van der Waals surface area contributed by atoms with Crippen LogP contribution < -0.4 is 15.1 Å². The molecule has 2 atom stereocenters. The summed E-state index contributed by atoms with van der Waals surface area (Å²) in [6.07, 6.45) is -10.2. The molecule has 4 rings (SSSR count). The van der Waals surface area contributed by atoms with E-state index in [1.807, 2.05) is 6.92 Å². The molecule has 2 unspecified atom stereocenters. The Balaban J connectivity index is 1.40. The molecule has 0 saturated carbocycles. The number of halogens is 6. The lowest BCUT2D eigenvalue weighted by atomic mass is 10.0. The van der Waals surface area contributed by atoms with E-state index in [0.717, 1.165) is 17.7 Å². The molecule has 2 aliphatic heterocycles. The lowest BCUT2D eigenvalue weighted by Crippen LogP contribution is -2.54. The lowest BCUT2D eigenvalue weighted by Gasteiger charge is -2.36. The number of hydrogen-bond acceptors (Lipinski definition) is 8. The summed E-state index contributed by atoms with van der Waals surface area (Å²) >= 11 is 0. The van der Waals surface area contributed by atoms with E-state index in [-0.39, 0.29) is 43.8 Å². The van der Waals surface area contributed by atoms with Crippen molar-refractivity contribution in [3.8, 4) is 0 Å². The molecule has 39 heavy (non-hydrogen) atoms. The van der Waals surface area contributed by atoms with E-state index in [9.17, 15) is 35.9 Å². The molecular weight excluding hydrogens is 538 g/mol. The van der Waals surface area contributed by atoms with E-state index < -0.39 is 41.7 Å². The maximum Gasteiger partial charge on any atom is 0.437 e. The Kier molecular flexibility index (Phi) is 7.95. The molecule has 2 saturated heterocycles. The molecule has 2 aromatic heterocycles. The van der Waals surface area contributed by atoms with Crippen LogP contribution in [-0.4, -0.2) is 83.3 Å². The third kappa shape index (κ3) is 6.54. The van der Waals surface area contributed by atoms with Crippen molar-refractivity contribution >= 4 is 29.3 Å². The van der Waals surface area contributed by atoms with Gasteiger partial charge in [-0.3, -0.25) is 9.59 Å². The van der Waals surface area contributed by atoms with Gasteiger partial charge < -0.3 is 29.5 Å². The molecule has 2 N–H and O–H groups in total. The number of alkyl halides is 6. The summed E-state index contributed by atoms with van der Waals surface area (Å²) in [5.41, 5.74) is -1.36. The number of hydrogen-bond donors (Lipinski definition) is 2. The van der Waals surface area contributed by atoms with Crippen LogP contribution in [0.15, 0.2) is 22.7 Å². The van der Waals surface area contributed by atoms with Crippen LogP contribution in [0, 0.1) is 5.92 Å². The van der Waals surface area contributed by atoms with Gasteiger partial charge in [0.2, 0.25) is 11.9 Å². The van der Waals surface area contributed by atoms with Gasteiger partial charge in [0.1, 0.15) is 5.82 Å². The second-order valence-electron chi connectivity index (χ2n) is 9.48. The summed E-state index contributed by atoms with van der Waals surface area (Å²) in [7, 11) is 0. The highest BCUT2D eigenvalue weighted by Gasteiger charge is 2.46. The minimum absolute atomic E-state index is 0.0727. The fraction of sp³-hybridized carbons (Fsp3) is 0.565. The summed E-state index contributed by atoms with van der Waals surface area (Å²) in [5, 5.41) is 11.5. The molecule has 16 heteroatoms. The highest BCUT2D eigenvalue weighted by atomic mass is 19.4. The van der Waals surface area contributed by atoms with Gasteiger partial charge in [0.25, 0.3) is 17.8 Å². The van der Waals surface area contributed by atoms with Crippen LogP contribution in [0.3, 0.4) is 0 Å². The average molecular weight is 564 g/mol. The van der Waals surface area contributed by atoms with Gasteiger partial charge in [0.15, 0.2) is 5.69 Å². The topological polar surface area (TPSA) is 115 Å². The number of rotatable bonds is 5. The van der Waals surface area contributed by atoms with Gasteiger partial charge in [-0.2, -0.15) is 31.3 Å². The van der Waals surface area contributed by atoms with Crippen molar-refractivity contribution in [1.82, 2.24) is 14.9 Å². The number of aliphatic hydroxyl groups is 1. The molecule has 0 spiro atoms. The molecule has 2 fully saturated rings. The second-order valence-corrected chi connectivity index (χ2v) is 9.48. The van der Waals surface area contributed by atoms with Crippen molar-refractivity contribution < 1.29 is 45.5 Å². The predicted molar refractivity (Wildman–Crippen MR) is 125 cm³/mol. The Morgan fingerprint density at radius 2 is 1.77 bits per heavy atom. The quantitative estimate of drug-likeness (QED) is 0.533. The van der Waals surface area contributed by atoms with Crippen LogP contribution >= 0.6 is 0 Å². The van der Waals surface area contributed by atoms with Crippen molar-refractivity contribution in [1.29, 1.82) is 0 Å². The summed E-state index contributed by atoms with van der Waals surface area (Å²) < 4.78 is 83.9.